The van der Waals surface area contributed by atoms with Crippen molar-refractivity contribution in [2.24, 2.45) is 0 Å². The van der Waals surface area contributed by atoms with Crippen LogP contribution >= 0.6 is 0 Å². The largest absolute Gasteiger partial charge is 0.455 e. The molecule has 1 aromatic carbocycles. The molecule has 0 saturated carbocycles. The summed E-state index contributed by atoms with van der Waals surface area (Å²) in [6, 6.07) is -0.128. The molecule has 2 N–H and O–H groups in total. The van der Waals surface area contributed by atoms with Gasteiger partial charge >= 0.3 is 12.1 Å². The van der Waals surface area contributed by atoms with Gasteiger partial charge in [0.1, 0.15) is 11.9 Å². The van der Waals surface area contributed by atoms with Crippen LogP contribution in [0.15, 0.2) is 24.3 Å². The summed E-state index contributed by atoms with van der Waals surface area (Å²) < 4.78 is 77.2. The summed E-state index contributed by atoms with van der Waals surface area (Å²) >= 11 is 0. The minimum atomic E-state index is -5.77. The molecule has 0 bridgehead atoms. The first kappa shape index (κ1) is 16.8. The zero-order chi connectivity index (χ0) is 15.6. The molecule has 0 saturated heterocycles. The third kappa shape index (κ3) is 3.63. The maximum absolute atomic E-state index is 13.5. The van der Waals surface area contributed by atoms with Crippen LogP contribution in [0.1, 0.15) is 18.5 Å². The van der Waals surface area contributed by atoms with Gasteiger partial charge in [-0.3, -0.25) is 5.32 Å². The average Bonchev–Trinajstić information content (AvgIpc) is 2.35. The van der Waals surface area contributed by atoms with Gasteiger partial charge in [-0.2, -0.15) is 22.0 Å². The zero-order valence-electron chi connectivity index (χ0n) is 10.4. The van der Waals surface area contributed by atoms with Gasteiger partial charge in [0.2, 0.25) is 0 Å². The quantitative estimate of drug-likeness (QED) is 0.819. The van der Waals surface area contributed by atoms with E-state index in [1.165, 1.54) is 6.92 Å². The Labute approximate surface area is 111 Å². The Morgan fingerprint density at radius 2 is 1.60 bits per heavy atom. The fourth-order valence-electron chi connectivity index (χ4n) is 1.57. The molecule has 0 aliphatic rings. The molecular weight excluding hydrogens is 288 g/mol. The maximum Gasteiger partial charge on any atom is 0.455 e. The van der Waals surface area contributed by atoms with E-state index in [0.717, 1.165) is 24.3 Å². The van der Waals surface area contributed by atoms with Gasteiger partial charge in [-0.15, -0.1) is 0 Å². The molecule has 0 aromatic heterocycles. The van der Waals surface area contributed by atoms with E-state index < -0.39 is 42.2 Å². The smallest absolute Gasteiger partial charge is 0.395 e. The second-order valence-corrected chi connectivity index (χ2v) is 4.36. The highest BCUT2D eigenvalue weighted by molar-refractivity contribution is 5.23. The minimum absolute atomic E-state index is 0.422. The third-order valence-corrected chi connectivity index (χ3v) is 2.67. The van der Waals surface area contributed by atoms with Crippen LogP contribution in [0, 0.1) is 5.82 Å². The van der Waals surface area contributed by atoms with Gasteiger partial charge in [-0.05, 0) is 24.6 Å². The van der Waals surface area contributed by atoms with Crippen LogP contribution in [0.3, 0.4) is 0 Å². The van der Waals surface area contributed by atoms with Crippen molar-refractivity contribution < 1.29 is 31.4 Å². The minimum Gasteiger partial charge on any atom is -0.395 e. The highest BCUT2D eigenvalue weighted by atomic mass is 19.4. The van der Waals surface area contributed by atoms with Crippen LogP contribution in [-0.2, 0) is 0 Å². The lowest BCUT2D eigenvalue weighted by Crippen LogP contribution is -2.50. The predicted molar refractivity (Wildman–Crippen MR) is 59.8 cm³/mol. The lowest BCUT2D eigenvalue weighted by Gasteiger charge is -2.31. The third-order valence-electron chi connectivity index (χ3n) is 2.67. The van der Waals surface area contributed by atoms with Crippen molar-refractivity contribution in [2.75, 3.05) is 6.61 Å². The second-order valence-electron chi connectivity index (χ2n) is 4.36. The maximum atomic E-state index is 13.5. The Balaban J connectivity index is 3.18. The Morgan fingerprint density at radius 1 is 1.10 bits per heavy atom. The molecule has 2 atom stereocenters. The van der Waals surface area contributed by atoms with Crippen molar-refractivity contribution in [3.05, 3.63) is 35.6 Å². The molecule has 2 unspecified atom stereocenters. The van der Waals surface area contributed by atoms with Gasteiger partial charge < -0.3 is 5.11 Å². The molecule has 1 rings (SSSR count). The highest BCUT2D eigenvalue weighted by Gasteiger charge is 2.62. The predicted octanol–water partition coefficient (Wildman–Crippen LogP) is 3.03. The van der Waals surface area contributed by atoms with E-state index in [4.69, 9.17) is 5.11 Å². The number of nitrogens with one attached hydrogen (secondary N) is 1. The molecule has 0 aliphatic heterocycles. The van der Waals surface area contributed by atoms with Crippen LogP contribution < -0.4 is 5.32 Å². The summed E-state index contributed by atoms with van der Waals surface area (Å²) in [5, 5.41) is 10.8. The molecule has 0 aliphatic carbocycles. The second kappa shape index (κ2) is 6.01. The van der Waals surface area contributed by atoms with Crippen LogP contribution in [0.4, 0.5) is 26.3 Å². The summed E-state index contributed by atoms with van der Waals surface area (Å²) in [7, 11) is 0. The number of hydrogen-bond donors (Lipinski definition) is 2. The molecule has 0 amide bonds. The van der Waals surface area contributed by atoms with Crippen molar-refractivity contribution in [3.8, 4) is 0 Å². The Bertz CT molecular complexity index is 431. The lowest BCUT2D eigenvalue weighted by atomic mass is 9.99. The molecule has 0 radical (unpaired) electrons. The van der Waals surface area contributed by atoms with E-state index in [1.54, 1.807) is 0 Å². The molecule has 0 fully saturated rings. The van der Waals surface area contributed by atoms with E-state index in [-0.39, 0.29) is 0 Å². The van der Waals surface area contributed by atoms with Crippen molar-refractivity contribution in [1.29, 1.82) is 0 Å². The van der Waals surface area contributed by atoms with E-state index in [2.05, 4.69) is 0 Å². The zero-order valence-corrected chi connectivity index (χ0v) is 10.4. The molecule has 1 aromatic rings. The number of benzene rings is 1. The first-order valence-electron chi connectivity index (χ1n) is 5.66. The molecule has 8 heteroatoms. The molecule has 0 heterocycles. The number of aliphatic hydroxyl groups excluding tert-OH is 1. The first-order chi connectivity index (χ1) is 9.09. The van der Waals surface area contributed by atoms with Gasteiger partial charge in [0.25, 0.3) is 0 Å². The fourth-order valence-corrected chi connectivity index (χ4v) is 1.57. The topological polar surface area (TPSA) is 32.3 Å². The Hall–Kier alpha value is -1.28. The van der Waals surface area contributed by atoms with Crippen molar-refractivity contribution in [1.82, 2.24) is 5.32 Å². The summed E-state index contributed by atoms with van der Waals surface area (Å²) in [6.45, 7) is 0.634. The SMILES string of the molecule is CC(CO)NC(c1ccc(F)cc1)C(F)(F)C(F)(F)F. The molecule has 20 heavy (non-hydrogen) atoms. The molecule has 2 nitrogen and oxygen atoms in total. The number of rotatable bonds is 5. The van der Waals surface area contributed by atoms with Crippen LogP contribution in [0.25, 0.3) is 0 Å². The number of alkyl halides is 5. The number of aliphatic hydroxyl groups is 1. The van der Waals surface area contributed by atoms with Crippen LogP contribution in [0.2, 0.25) is 0 Å². The average molecular weight is 301 g/mol. The van der Waals surface area contributed by atoms with E-state index in [9.17, 15) is 26.3 Å². The number of hydrogen-bond acceptors (Lipinski definition) is 2. The highest BCUT2D eigenvalue weighted by Crippen LogP contribution is 2.44. The molecule has 114 valence electrons. The summed E-state index contributed by atoms with van der Waals surface area (Å²) in [6.07, 6.45) is -5.77. The number of halogens is 6. The van der Waals surface area contributed by atoms with E-state index in [0.29, 0.717) is 0 Å². The summed E-state index contributed by atoms with van der Waals surface area (Å²) in [4.78, 5) is 0. The molecule has 0 spiro atoms. The lowest BCUT2D eigenvalue weighted by molar-refractivity contribution is -0.295. The normalized spacial score (nSPS) is 16.0. The monoisotopic (exact) mass is 301 g/mol. The fraction of sp³-hybridized carbons (Fsp3) is 0.500. The van der Waals surface area contributed by atoms with Crippen molar-refractivity contribution >= 4 is 0 Å². The Morgan fingerprint density at radius 3 is 2.00 bits per heavy atom. The standard InChI is InChI=1S/C12H13F6NO/c1-7(6-20)19-10(11(14,15)12(16,17)18)8-2-4-9(13)5-3-8/h2-5,7,10,19-20H,6H2,1H3. The van der Waals surface area contributed by atoms with Gasteiger partial charge in [-0.1, -0.05) is 12.1 Å². The van der Waals surface area contributed by atoms with Crippen molar-refractivity contribution in [2.45, 2.75) is 31.1 Å². The summed E-state index contributed by atoms with van der Waals surface area (Å²) in [5.74, 6) is -5.81. The van der Waals surface area contributed by atoms with E-state index in [1.807, 2.05) is 5.32 Å². The van der Waals surface area contributed by atoms with Crippen molar-refractivity contribution in [3.63, 3.8) is 0 Å². The molecular formula is C12H13F6NO. The van der Waals surface area contributed by atoms with E-state index >= 15 is 0 Å². The first-order valence-corrected chi connectivity index (χ1v) is 5.66. The van der Waals surface area contributed by atoms with Crippen LogP contribution in [-0.4, -0.2) is 29.9 Å². The van der Waals surface area contributed by atoms with Crippen LogP contribution in [0.5, 0.6) is 0 Å². The van der Waals surface area contributed by atoms with Gasteiger partial charge in [-0.25, -0.2) is 4.39 Å². The Kier molecular flexibility index (Phi) is 5.04. The van der Waals surface area contributed by atoms with Gasteiger partial charge in [0.05, 0.1) is 6.61 Å². The summed E-state index contributed by atoms with van der Waals surface area (Å²) in [5.41, 5.74) is -0.422. The van der Waals surface area contributed by atoms with Gasteiger partial charge in [0.15, 0.2) is 0 Å². The van der Waals surface area contributed by atoms with Gasteiger partial charge in [0, 0.05) is 6.04 Å².